The van der Waals surface area contributed by atoms with Crippen molar-refractivity contribution in [3.05, 3.63) is 22.8 Å². The molecular weight excluding hydrogens is 313 g/mol. The molecule has 1 saturated heterocycles. The minimum atomic E-state index is -4.56. The molecule has 0 aliphatic carbocycles. The van der Waals surface area contributed by atoms with E-state index in [4.69, 9.17) is 16.3 Å². The molecule has 9 heteroatoms. The van der Waals surface area contributed by atoms with E-state index < -0.39 is 23.2 Å². The summed E-state index contributed by atoms with van der Waals surface area (Å²) in [7, 11) is 0. The molecule has 2 rings (SSSR count). The molecule has 0 atom stereocenters. The molecule has 1 aromatic heterocycles. The fourth-order valence-electron chi connectivity index (χ4n) is 2.02. The quantitative estimate of drug-likeness (QED) is 0.894. The van der Waals surface area contributed by atoms with Gasteiger partial charge in [-0.15, -0.1) is 0 Å². The van der Waals surface area contributed by atoms with Crippen LogP contribution in [0.3, 0.4) is 0 Å². The smallest absolute Gasteiger partial charge is 0.417 e. The summed E-state index contributed by atoms with van der Waals surface area (Å²) in [6, 6.07) is 0.714. The van der Waals surface area contributed by atoms with Gasteiger partial charge in [-0.25, -0.2) is 9.78 Å². The first-order valence-corrected chi connectivity index (χ1v) is 6.44. The molecule has 1 aromatic rings. The van der Waals surface area contributed by atoms with Crippen LogP contribution in [0.25, 0.3) is 0 Å². The highest BCUT2D eigenvalue weighted by Gasteiger charge is 2.41. The Kier molecular flexibility index (Phi) is 4.29. The minimum Gasteiger partial charge on any atom is -0.480 e. The third-order valence-electron chi connectivity index (χ3n) is 3.28. The van der Waals surface area contributed by atoms with Crippen LogP contribution in [0.15, 0.2) is 12.3 Å². The van der Waals surface area contributed by atoms with Crippen LogP contribution < -0.4 is 5.32 Å². The molecule has 1 fully saturated rings. The zero-order chi connectivity index (χ0) is 15.7. The first-order chi connectivity index (χ1) is 9.74. The minimum absolute atomic E-state index is 0.0889. The van der Waals surface area contributed by atoms with E-state index in [9.17, 15) is 23.1 Å². The fraction of sp³-hybridized carbons (Fsp3) is 0.500. The summed E-state index contributed by atoms with van der Waals surface area (Å²) in [4.78, 5) is 15.0. The Balaban J connectivity index is 2.28. The number of carbonyl (C=O) groups is 1. The van der Waals surface area contributed by atoms with Crippen LogP contribution in [0.4, 0.5) is 19.0 Å². The molecule has 0 radical (unpaired) electrons. The second-order valence-corrected chi connectivity index (χ2v) is 5.08. The second kappa shape index (κ2) is 5.69. The number of rotatable bonds is 3. The predicted octanol–water partition coefficient (Wildman–Crippen LogP) is 2.80. The number of pyridine rings is 1. The Morgan fingerprint density at radius 1 is 1.43 bits per heavy atom. The number of alkyl halides is 3. The molecule has 1 aliphatic heterocycles. The monoisotopic (exact) mass is 324 g/mol. The number of ether oxygens (including phenoxy) is 1. The van der Waals surface area contributed by atoms with E-state index in [0.29, 0.717) is 12.3 Å². The summed E-state index contributed by atoms with van der Waals surface area (Å²) in [6.45, 7) is 0.467. The lowest BCUT2D eigenvalue weighted by atomic mass is 9.90. The molecule has 116 valence electrons. The standard InChI is InChI=1S/C12H12ClF3N2O3/c13-8-5-7(12(14,15)16)6-17-9(8)18-11(10(19)20)1-3-21-4-2-11/h5-6H,1-4H2,(H,17,18)(H,19,20). The normalized spacial score (nSPS) is 18.3. The molecule has 21 heavy (non-hydrogen) atoms. The number of nitrogens with one attached hydrogen (secondary N) is 1. The lowest BCUT2D eigenvalue weighted by molar-refractivity contribution is -0.145. The van der Waals surface area contributed by atoms with Crippen LogP contribution in [0.5, 0.6) is 0 Å². The number of hydrogen-bond donors (Lipinski definition) is 2. The van der Waals surface area contributed by atoms with Crippen molar-refractivity contribution < 1.29 is 27.8 Å². The van der Waals surface area contributed by atoms with E-state index in [1.165, 1.54) is 0 Å². The van der Waals surface area contributed by atoms with Gasteiger partial charge in [0.1, 0.15) is 11.4 Å². The Morgan fingerprint density at radius 2 is 2.05 bits per heavy atom. The molecule has 2 heterocycles. The maximum Gasteiger partial charge on any atom is 0.417 e. The van der Waals surface area contributed by atoms with Gasteiger partial charge in [0, 0.05) is 32.3 Å². The van der Waals surface area contributed by atoms with Crippen molar-refractivity contribution >= 4 is 23.4 Å². The molecule has 5 nitrogen and oxygen atoms in total. The van der Waals surface area contributed by atoms with Gasteiger partial charge in [-0.3, -0.25) is 0 Å². The van der Waals surface area contributed by atoms with Gasteiger partial charge in [0.05, 0.1) is 10.6 Å². The largest absolute Gasteiger partial charge is 0.480 e. The van der Waals surface area contributed by atoms with Gasteiger partial charge in [-0.1, -0.05) is 11.6 Å². The molecule has 1 aliphatic rings. The highest BCUT2D eigenvalue weighted by Crippen LogP contribution is 2.34. The summed E-state index contributed by atoms with van der Waals surface area (Å²) in [6.07, 6.45) is -3.61. The van der Waals surface area contributed by atoms with E-state index in [2.05, 4.69) is 10.3 Å². The van der Waals surface area contributed by atoms with Gasteiger partial charge in [0.25, 0.3) is 0 Å². The van der Waals surface area contributed by atoms with Crippen molar-refractivity contribution in [3.63, 3.8) is 0 Å². The number of aromatic nitrogens is 1. The van der Waals surface area contributed by atoms with Crippen LogP contribution in [0.2, 0.25) is 5.02 Å². The number of carboxylic acids is 1. The Bertz CT molecular complexity index is 545. The molecule has 0 amide bonds. The zero-order valence-corrected chi connectivity index (χ0v) is 11.5. The molecule has 0 unspecified atom stereocenters. The summed E-state index contributed by atoms with van der Waals surface area (Å²) < 4.78 is 42.7. The number of hydrogen-bond acceptors (Lipinski definition) is 4. The molecule has 0 spiro atoms. The van der Waals surface area contributed by atoms with E-state index in [0.717, 1.165) is 0 Å². The van der Waals surface area contributed by atoms with Crippen LogP contribution in [-0.2, 0) is 15.7 Å². The average Bonchev–Trinajstić information content (AvgIpc) is 2.41. The van der Waals surface area contributed by atoms with Crippen molar-refractivity contribution in [2.75, 3.05) is 18.5 Å². The lowest BCUT2D eigenvalue weighted by Crippen LogP contribution is -2.50. The third kappa shape index (κ3) is 3.38. The second-order valence-electron chi connectivity index (χ2n) is 4.68. The van der Waals surface area contributed by atoms with Gasteiger partial charge >= 0.3 is 12.1 Å². The maximum absolute atomic E-state index is 12.5. The number of anilines is 1. The molecular formula is C12H12ClF3N2O3. The van der Waals surface area contributed by atoms with Crippen molar-refractivity contribution in [1.82, 2.24) is 4.98 Å². The Labute approximate surface area is 123 Å². The summed E-state index contributed by atoms with van der Waals surface area (Å²) >= 11 is 5.77. The van der Waals surface area contributed by atoms with Crippen LogP contribution in [-0.4, -0.2) is 34.8 Å². The summed E-state index contributed by atoms with van der Waals surface area (Å²) in [5.74, 6) is -1.21. The molecule has 0 bridgehead atoms. The van der Waals surface area contributed by atoms with Crippen molar-refractivity contribution in [2.24, 2.45) is 0 Å². The summed E-state index contributed by atoms with van der Waals surface area (Å²) in [5.41, 5.74) is -2.33. The van der Waals surface area contributed by atoms with E-state index in [1.807, 2.05) is 0 Å². The van der Waals surface area contributed by atoms with Crippen molar-refractivity contribution in [3.8, 4) is 0 Å². The maximum atomic E-state index is 12.5. The van der Waals surface area contributed by atoms with Gasteiger partial charge in [-0.2, -0.15) is 13.2 Å². The number of carboxylic acid groups (broad SMARTS) is 1. The highest BCUT2D eigenvalue weighted by atomic mass is 35.5. The highest BCUT2D eigenvalue weighted by molar-refractivity contribution is 6.33. The van der Waals surface area contributed by atoms with Crippen LogP contribution in [0.1, 0.15) is 18.4 Å². The molecule has 0 aromatic carbocycles. The Morgan fingerprint density at radius 3 is 2.52 bits per heavy atom. The van der Waals surface area contributed by atoms with Crippen LogP contribution in [0, 0.1) is 0 Å². The Hall–Kier alpha value is -1.54. The van der Waals surface area contributed by atoms with Gasteiger partial charge in [0.2, 0.25) is 0 Å². The number of nitrogens with zero attached hydrogens (tertiary/aromatic N) is 1. The number of aliphatic carboxylic acids is 1. The fourth-order valence-corrected chi connectivity index (χ4v) is 2.24. The predicted molar refractivity (Wildman–Crippen MR) is 68.3 cm³/mol. The zero-order valence-electron chi connectivity index (χ0n) is 10.7. The first kappa shape index (κ1) is 15.8. The molecule has 2 N–H and O–H groups in total. The number of halogens is 4. The van der Waals surface area contributed by atoms with E-state index >= 15 is 0 Å². The summed E-state index contributed by atoms with van der Waals surface area (Å²) in [5, 5.41) is 11.7. The average molecular weight is 325 g/mol. The van der Waals surface area contributed by atoms with Gasteiger partial charge in [0.15, 0.2) is 0 Å². The third-order valence-corrected chi connectivity index (χ3v) is 3.57. The SMILES string of the molecule is O=C(O)C1(Nc2ncc(C(F)(F)F)cc2Cl)CCOCC1. The van der Waals surface area contributed by atoms with Gasteiger partial charge in [-0.05, 0) is 6.07 Å². The van der Waals surface area contributed by atoms with E-state index in [-0.39, 0.29) is 36.9 Å². The first-order valence-electron chi connectivity index (χ1n) is 6.07. The molecule has 0 saturated carbocycles. The topological polar surface area (TPSA) is 71.5 Å². The van der Waals surface area contributed by atoms with Crippen molar-refractivity contribution in [2.45, 2.75) is 24.6 Å². The van der Waals surface area contributed by atoms with Gasteiger partial charge < -0.3 is 15.2 Å². The lowest BCUT2D eigenvalue weighted by Gasteiger charge is -2.34. The van der Waals surface area contributed by atoms with Crippen molar-refractivity contribution in [1.29, 1.82) is 0 Å². The van der Waals surface area contributed by atoms with Crippen LogP contribution >= 0.6 is 11.6 Å². The van der Waals surface area contributed by atoms with E-state index in [1.54, 1.807) is 0 Å².